The van der Waals surface area contributed by atoms with Crippen molar-refractivity contribution in [2.75, 3.05) is 33.9 Å². The van der Waals surface area contributed by atoms with Gasteiger partial charge in [0.2, 0.25) is 5.91 Å². The van der Waals surface area contributed by atoms with Crippen molar-refractivity contribution in [1.82, 2.24) is 25.6 Å². The number of benzene rings is 1. The molecule has 1 saturated carbocycles. The number of nitrogens with one attached hydrogen (secondary N) is 2. The number of phenols is 1. The van der Waals surface area contributed by atoms with Crippen molar-refractivity contribution < 1.29 is 44.0 Å². The Labute approximate surface area is 327 Å². The van der Waals surface area contributed by atoms with Crippen molar-refractivity contribution in [1.29, 1.82) is 0 Å². The first-order valence-corrected chi connectivity index (χ1v) is 19.3. The fourth-order valence-electron chi connectivity index (χ4n) is 5.34. The Morgan fingerprint density at radius 1 is 1.07 bits per heavy atom. The number of carbonyl (C=O) groups is 4. The van der Waals surface area contributed by atoms with E-state index in [-0.39, 0.29) is 42.9 Å². The fourth-order valence-corrected chi connectivity index (χ4v) is 5.34. The zero-order valence-electron chi connectivity index (χ0n) is 33.9. The standard InChI is InChI=1S/C12H17NO3.C11H19N3O.C8H15NO3.C6H12O.C2H6N2O/c1-7-4-10(5-8(2)11(7)15)12(16)13-6-9(3)14;1-2-3-4-5-6-7-11-10-14(8-9-15)13-12-11;1-9-6-3-4-7(12-5-6)8(10)11-2;7-6-4-2-1-3-5-6;3-1-2(4)5/h4-5,9,14-15H,6H2,1-3H3,(H,13,16);9-10H,2-8H2,1H3;6-7,9H,3-5H2,1-2H3;6-7H,1-5H2;1,3H2,(H2,4,5). The van der Waals surface area contributed by atoms with Gasteiger partial charge in [0, 0.05) is 24.3 Å². The maximum Gasteiger partial charge on any atom is 0.334 e. The largest absolute Gasteiger partial charge is 0.507 e. The minimum Gasteiger partial charge on any atom is -0.507 e. The van der Waals surface area contributed by atoms with Crippen LogP contribution in [0, 0.1) is 13.8 Å². The monoisotopic (exact) mass is 780 g/mol. The molecular formula is C39H69N7O9. The SMILES string of the molecule is CCCCCCCc1cn(CC=O)nn1.CNC1CCC(C(=O)OC)OC1.Cc1cc(C(=O)NCC(C)O)cc(C)c1O.NCC(N)=O.OC1CCCCC1. The quantitative estimate of drug-likeness (QED) is 0.0829. The maximum atomic E-state index is 11.7. The number of aromatic hydroxyl groups is 1. The third-order valence-corrected chi connectivity index (χ3v) is 8.62. The van der Waals surface area contributed by atoms with E-state index in [9.17, 15) is 24.3 Å². The van der Waals surface area contributed by atoms with Crippen LogP contribution in [0.25, 0.3) is 0 Å². The Morgan fingerprint density at radius 3 is 2.15 bits per heavy atom. The molecule has 2 fully saturated rings. The number of rotatable bonds is 14. The molecule has 2 heterocycles. The van der Waals surface area contributed by atoms with Gasteiger partial charge in [0.15, 0.2) is 6.10 Å². The number of unbranched alkanes of at least 4 members (excludes halogenated alkanes) is 4. The minimum atomic E-state index is -0.566. The molecule has 1 aromatic heterocycles. The second-order valence-electron chi connectivity index (χ2n) is 13.7. The van der Waals surface area contributed by atoms with Crippen LogP contribution in [0.1, 0.15) is 118 Å². The topological polar surface area (TPSA) is 254 Å². The van der Waals surface area contributed by atoms with Crippen LogP contribution in [0.15, 0.2) is 18.3 Å². The van der Waals surface area contributed by atoms with E-state index in [1.807, 2.05) is 13.2 Å². The summed E-state index contributed by atoms with van der Waals surface area (Å²) in [4.78, 5) is 42.3. The second kappa shape index (κ2) is 31.3. The number of hydrogen-bond donors (Lipinski definition) is 7. The van der Waals surface area contributed by atoms with Crippen LogP contribution < -0.4 is 22.1 Å². The normalized spacial score (nSPS) is 16.8. The predicted octanol–water partition coefficient (Wildman–Crippen LogP) is 2.78. The number of aliphatic hydroxyl groups is 2. The number of amides is 2. The van der Waals surface area contributed by atoms with E-state index in [1.54, 1.807) is 37.6 Å². The number of hydrogen-bond acceptors (Lipinski definition) is 13. The molecule has 16 heteroatoms. The van der Waals surface area contributed by atoms with Crippen molar-refractivity contribution in [2.45, 2.75) is 142 Å². The van der Waals surface area contributed by atoms with Crippen LogP contribution in [-0.2, 0) is 36.8 Å². The predicted molar refractivity (Wildman–Crippen MR) is 211 cm³/mol. The van der Waals surface area contributed by atoms with Crippen molar-refractivity contribution in [3.05, 3.63) is 40.7 Å². The Bertz CT molecular complexity index is 1320. The fraction of sp³-hybridized carbons (Fsp3) is 0.692. The van der Waals surface area contributed by atoms with E-state index in [1.165, 1.54) is 58.5 Å². The molecule has 1 aromatic carbocycles. The second-order valence-corrected chi connectivity index (χ2v) is 13.7. The number of methoxy groups -OCH3 is 1. The molecule has 2 aliphatic rings. The van der Waals surface area contributed by atoms with E-state index in [2.05, 4.69) is 38.3 Å². The number of phenolic OH excluding ortho intramolecular Hbond substituents is 1. The summed E-state index contributed by atoms with van der Waals surface area (Å²) in [6.45, 7) is 8.37. The van der Waals surface area contributed by atoms with Gasteiger partial charge in [0.25, 0.3) is 5.91 Å². The molecular weight excluding hydrogens is 710 g/mol. The van der Waals surface area contributed by atoms with Gasteiger partial charge in [-0.25, -0.2) is 9.48 Å². The molecule has 55 heavy (non-hydrogen) atoms. The molecule has 16 nitrogen and oxygen atoms in total. The van der Waals surface area contributed by atoms with Gasteiger partial charge < -0.3 is 51.7 Å². The summed E-state index contributed by atoms with van der Waals surface area (Å²) < 4.78 is 11.4. The first-order chi connectivity index (χ1) is 26.2. The molecule has 0 radical (unpaired) electrons. The lowest BCUT2D eigenvalue weighted by molar-refractivity contribution is -0.157. The average Bonchev–Trinajstić information content (AvgIpc) is 3.63. The minimum absolute atomic E-state index is 0.0359. The Morgan fingerprint density at radius 2 is 1.69 bits per heavy atom. The highest BCUT2D eigenvalue weighted by Gasteiger charge is 2.26. The maximum absolute atomic E-state index is 11.7. The summed E-state index contributed by atoms with van der Waals surface area (Å²) in [5.74, 6) is -0.756. The van der Waals surface area contributed by atoms with Gasteiger partial charge in [-0.05, 0) is 89.6 Å². The summed E-state index contributed by atoms with van der Waals surface area (Å²) in [5, 5.41) is 41.1. The van der Waals surface area contributed by atoms with Crippen LogP contribution >= 0.6 is 0 Å². The molecule has 2 amide bonds. The number of primary amides is 1. The molecule has 3 unspecified atom stereocenters. The number of aldehydes is 1. The van der Waals surface area contributed by atoms with E-state index >= 15 is 0 Å². The Hall–Kier alpha value is -3.96. The zero-order chi connectivity index (χ0) is 41.6. The lowest BCUT2D eigenvalue weighted by Gasteiger charge is -2.26. The summed E-state index contributed by atoms with van der Waals surface area (Å²) in [7, 11) is 3.28. The first kappa shape index (κ1) is 51.0. The van der Waals surface area contributed by atoms with Crippen molar-refractivity contribution in [2.24, 2.45) is 11.5 Å². The van der Waals surface area contributed by atoms with Crippen LogP contribution in [-0.4, -0.2) is 113 Å². The van der Waals surface area contributed by atoms with E-state index in [0.717, 1.165) is 44.1 Å². The van der Waals surface area contributed by atoms with E-state index < -0.39 is 12.0 Å². The third kappa shape index (κ3) is 24.9. The molecule has 2 aromatic rings. The molecule has 0 spiro atoms. The van der Waals surface area contributed by atoms with Crippen molar-refractivity contribution >= 4 is 24.1 Å². The van der Waals surface area contributed by atoms with Crippen LogP contribution in [0.3, 0.4) is 0 Å². The average molecular weight is 780 g/mol. The third-order valence-electron chi connectivity index (χ3n) is 8.62. The number of aryl methyl sites for hydroxylation is 3. The Kier molecular flexibility index (Phi) is 29.0. The number of aliphatic hydroxyl groups excluding tert-OH is 2. The molecule has 3 atom stereocenters. The number of nitrogens with two attached hydrogens (primary N) is 2. The summed E-state index contributed by atoms with van der Waals surface area (Å²) in [5.41, 5.74) is 12.0. The molecule has 0 bridgehead atoms. The van der Waals surface area contributed by atoms with Gasteiger partial charge in [0.05, 0.1) is 44.7 Å². The lowest BCUT2D eigenvalue weighted by Crippen LogP contribution is -2.41. The number of esters is 1. The van der Waals surface area contributed by atoms with Crippen LogP contribution in [0.5, 0.6) is 5.75 Å². The first-order valence-electron chi connectivity index (χ1n) is 19.3. The summed E-state index contributed by atoms with van der Waals surface area (Å²) in [6.07, 6.45) is 16.7. The number of likely N-dealkylation sites (N-methyl/N-ethyl adjacent to an activating group) is 1. The van der Waals surface area contributed by atoms with Crippen molar-refractivity contribution in [3.63, 3.8) is 0 Å². The highest BCUT2D eigenvalue weighted by molar-refractivity contribution is 5.94. The molecule has 9 N–H and O–H groups in total. The van der Waals surface area contributed by atoms with Gasteiger partial charge in [-0.15, -0.1) is 5.10 Å². The molecule has 1 saturated heterocycles. The highest BCUT2D eigenvalue weighted by Crippen LogP contribution is 2.23. The number of carbonyl (C=O) groups excluding carboxylic acids is 4. The number of ether oxygens (including phenoxy) is 2. The van der Waals surface area contributed by atoms with Gasteiger partial charge in [-0.2, -0.15) is 0 Å². The zero-order valence-corrected chi connectivity index (χ0v) is 33.9. The molecule has 1 aliphatic heterocycles. The van der Waals surface area contributed by atoms with Gasteiger partial charge >= 0.3 is 5.97 Å². The van der Waals surface area contributed by atoms with Crippen LogP contribution in [0.2, 0.25) is 0 Å². The molecule has 4 rings (SSSR count). The van der Waals surface area contributed by atoms with Gasteiger partial charge in [-0.1, -0.05) is 57.1 Å². The lowest BCUT2D eigenvalue weighted by atomic mass is 9.98. The summed E-state index contributed by atoms with van der Waals surface area (Å²) >= 11 is 0. The van der Waals surface area contributed by atoms with Gasteiger partial charge in [-0.3, -0.25) is 9.59 Å². The van der Waals surface area contributed by atoms with Crippen LogP contribution in [0.4, 0.5) is 0 Å². The van der Waals surface area contributed by atoms with Crippen molar-refractivity contribution in [3.8, 4) is 5.75 Å². The number of nitrogens with zero attached hydrogens (tertiary/aromatic N) is 3. The molecule has 1 aliphatic carbocycles. The smallest absolute Gasteiger partial charge is 0.334 e. The van der Waals surface area contributed by atoms with E-state index in [0.29, 0.717) is 35.9 Å². The highest BCUT2D eigenvalue weighted by atomic mass is 16.6. The van der Waals surface area contributed by atoms with E-state index in [4.69, 9.17) is 20.7 Å². The number of aromatic nitrogens is 3. The van der Waals surface area contributed by atoms with Gasteiger partial charge in [0.1, 0.15) is 12.0 Å². The summed E-state index contributed by atoms with van der Waals surface area (Å²) in [6, 6.07) is 3.63. The Balaban J connectivity index is 0.000000697. The molecule has 314 valence electrons.